The summed E-state index contributed by atoms with van der Waals surface area (Å²) in [5.41, 5.74) is 0.876. The van der Waals surface area contributed by atoms with Crippen LogP contribution in [0.15, 0.2) is 5.16 Å². The first-order valence-electron chi connectivity index (χ1n) is 5.42. The number of hydrogen-bond acceptors (Lipinski definition) is 3. The van der Waals surface area contributed by atoms with Crippen LogP contribution in [0.2, 0.25) is 0 Å². The summed E-state index contributed by atoms with van der Waals surface area (Å²) in [5, 5.41) is 6.54. The van der Waals surface area contributed by atoms with Crippen molar-refractivity contribution in [1.29, 1.82) is 0 Å². The highest BCUT2D eigenvalue weighted by Gasteiger charge is 2.02. The van der Waals surface area contributed by atoms with Crippen molar-refractivity contribution >= 4 is 11.6 Å². The second-order valence-electron chi connectivity index (χ2n) is 4.15. The Morgan fingerprint density at radius 3 is 2.60 bits per heavy atom. The van der Waals surface area contributed by atoms with Gasteiger partial charge in [0.1, 0.15) is 6.61 Å². The standard InChI is InChI=1S/C11H22N2O2/c1-9(2)5-6-11(14)12-7-8-15-13-10(3)4/h9H,5-8H2,1-4H3,(H,12,14). The normalized spacial score (nSPS) is 9.93. The highest BCUT2D eigenvalue weighted by Crippen LogP contribution is 2.02. The van der Waals surface area contributed by atoms with Gasteiger partial charge in [-0.05, 0) is 26.2 Å². The van der Waals surface area contributed by atoms with Gasteiger partial charge in [-0.15, -0.1) is 0 Å². The van der Waals surface area contributed by atoms with Crippen molar-refractivity contribution in [1.82, 2.24) is 5.32 Å². The number of nitrogens with zero attached hydrogens (tertiary/aromatic N) is 1. The van der Waals surface area contributed by atoms with Gasteiger partial charge in [0.2, 0.25) is 5.91 Å². The maximum atomic E-state index is 11.2. The molecular weight excluding hydrogens is 192 g/mol. The number of hydrogen-bond donors (Lipinski definition) is 1. The fourth-order valence-electron chi connectivity index (χ4n) is 0.919. The molecule has 0 rings (SSSR count). The molecule has 0 heterocycles. The minimum absolute atomic E-state index is 0.0875. The molecule has 88 valence electrons. The van der Waals surface area contributed by atoms with Crippen LogP contribution in [0.25, 0.3) is 0 Å². The fraction of sp³-hybridized carbons (Fsp3) is 0.818. The minimum Gasteiger partial charge on any atom is -0.394 e. The smallest absolute Gasteiger partial charge is 0.220 e. The highest BCUT2D eigenvalue weighted by atomic mass is 16.6. The fourth-order valence-corrected chi connectivity index (χ4v) is 0.919. The predicted octanol–water partition coefficient (Wildman–Crippen LogP) is 1.95. The van der Waals surface area contributed by atoms with Gasteiger partial charge in [0, 0.05) is 6.42 Å². The molecule has 0 fully saturated rings. The van der Waals surface area contributed by atoms with Crippen LogP contribution in [0, 0.1) is 5.92 Å². The third-order valence-electron chi connectivity index (χ3n) is 1.71. The van der Waals surface area contributed by atoms with Crippen LogP contribution in [0.3, 0.4) is 0 Å². The largest absolute Gasteiger partial charge is 0.394 e. The van der Waals surface area contributed by atoms with E-state index in [1.807, 2.05) is 13.8 Å². The van der Waals surface area contributed by atoms with E-state index < -0.39 is 0 Å². The Bertz CT molecular complexity index is 209. The molecule has 0 bridgehead atoms. The molecule has 0 atom stereocenters. The Labute approximate surface area is 92.1 Å². The molecule has 4 nitrogen and oxygen atoms in total. The van der Waals surface area contributed by atoms with Crippen molar-refractivity contribution in [3.8, 4) is 0 Å². The van der Waals surface area contributed by atoms with Crippen molar-refractivity contribution < 1.29 is 9.63 Å². The van der Waals surface area contributed by atoms with Gasteiger partial charge in [0.25, 0.3) is 0 Å². The molecule has 0 aliphatic rings. The van der Waals surface area contributed by atoms with E-state index in [1.54, 1.807) is 0 Å². The van der Waals surface area contributed by atoms with Crippen molar-refractivity contribution in [2.75, 3.05) is 13.2 Å². The minimum atomic E-state index is 0.0875. The molecule has 0 aliphatic heterocycles. The van der Waals surface area contributed by atoms with Crippen LogP contribution in [-0.4, -0.2) is 24.8 Å². The monoisotopic (exact) mass is 214 g/mol. The molecule has 0 saturated carbocycles. The molecule has 1 N–H and O–H groups in total. The lowest BCUT2D eigenvalue weighted by atomic mass is 10.1. The number of amides is 1. The van der Waals surface area contributed by atoms with E-state index in [4.69, 9.17) is 4.84 Å². The number of carbonyl (C=O) groups is 1. The topological polar surface area (TPSA) is 50.7 Å². The lowest BCUT2D eigenvalue weighted by Crippen LogP contribution is -2.26. The molecule has 0 spiro atoms. The predicted molar refractivity (Wildman–Crippen MR) is 61.8 cm³/mol. The molecule has 4 heteroatoms. The van der Waals surface area contributed by atoms with Crippen LogP contribution in [0.1, 0.15) is 40.5 Å². The Hall–Kier alpha value is -1.06. The highest BCUT2D eigenvalue weighted by molar-refractivity contribution is 5.78. The second kappa shape index (κ2) is 8.26. The summed E-state index contributed by atoms with van der Waals surface area (Å²) in [5.74, 6) is 0.656. The zero-order valence-corrected chi connectivity index (χ0v) is 10.2. The number of nitrogens with one attached hydrogen (secondary N) is 1. The molecular formula is C11H22N2O2. The SMILES string of the molecule is CC(C)=NOCCNC(=O)CCC(C)C. The zero-order chi connectivity index (χ0) is 11.7. The summed E-state index contributed by atoms with van der Waals surface area (Å²) in [7, 11) is 0. The van der Waals surface area contributed by atoms with Crippen LogP contribution in [0.5, 0.6) is 0 Å². The molecule has 0 aromatic carbocycles. The van der Waals surface area contributed by atoms with Crippen molar-refractivity contribution in [2.24, 2.45) is 11.1 Å². The maximum absolute atomic E-state index is 11.2. The van der Waals surface area contributed by atoms with Crippen LogP contribution < -0.4 is 5.32 Å². The van der Waals surface area contributed by atoms with E-state index in [-0.39, 0.29) is 5.91 Å². The van der Waals surface area contributed by atoms with Crippen LogP contribution in [0.4, 0.5) is 0 Å². The van der Waals surface area contributed by atoms with E-state index in [0.717, 1.165) is 12.1 Å². The maximum Gasteiger partial charge on any atom is 0.220 e. The molecule has 0 aromatic heterocycles. The summed E-state index contributed by atoms with van der Waals surface area (Å²) in [6.07, 6.45) is 1.52. The van der Waals surface area contributed by atoms with E-state index >= 15 is 0 Å². The second-order valence-corrected chi connectivity index (χ2v) is 4.15. The number of carbonyl (C=O) groups excluding carboxylic acids is 1. The van der Waals surface area contributed by atoms with Crippen LogP contribution >= 0.6 is 0 Å². The summed E-state index contributed by atoms with van der Waals surface area (Å²) in [6, 6.07) is 0. The van der Waals surface area contributed by atoms with Crippen molar-refractivity contribution in [3.05, 3.63) is 0 Å². The van der Waals surface area contributed by atoms with Crippen molar-refractivity contribution in [2.45, 2.75) is 40.5 Å². The quantitative estimate of drug-likeness (QED) is 0.400. The first-order chi connectivity index (χ1) is 7.02. The average Bonchev–Trinajstić information content (AvgIpc) is 2.13. The summed E-state index contributed by atoms with van der Waals surface area (Å²) in [6.45, 7) is 8.89. The lowest BCUT2D eigenvalue weighted by molar-refractivity contribution is -0.121. The average molecular weight is 214 g/mol. The first-order valence-corrected chi connectivity index (χ1v) is 5.42. The summed E-state index contributed by atoms with van der Waals surface area (Å²) < 4.78 is 0. The van der Waals surface area contributed by atoms with Gasteiger partial charge in [-0.1, -0.05) is 19.0 Å². The van der Waals surface area contributed by atoms with E-state index in [2.05, 4.69) is 24.3 Å². The number of rotatable bonds is 7. The Morgan fingerprint density at radius 1 is 1.40 bits per heavy atom. The molecule has 0 aromatic rings. The Kier molecular flexibility index (Phi) is 7.68. The van der Waals surface area contributed by atoms with E-state index in [1.165, 1.54) is 0 Å². The van der Waals surface area contributed by atoms with Gasteiger partial charge in [-0.3, -0.25) is 4.79 Å². The van der Waals surface area contributed by atoms with Gasteiger partial charge in [0.05, 0.1) is 12.3 Å². The van der Waals surface area contributed by atoms with Gasteiger partial charge in [-0.25, -0.2) is 0 Å². The number of oxime groups is 1. The van der Waals surface area contributed by atoms with Gasteiger partial charge in [0.15, 0.2) is 0 Å². The summed E-state index contributed by atoms with van der Waals surface area (Å²) >= 11 is 0. The molecule has 0 saturated heterocycles. The Morgan fingerprint density at radius 2 is 2.07 bits per heavy atom. The van der Waals surface area contributed by atoms with Gasteiger partial charge >= 0.3 is 0 Å². The first kappa shape index (κ1) is 13.9. The zero-order valence-electron chi connectivity index (χ0n) is 10.2. The molecule has 15 heavy (non-hydrogen) atoms. The Balaban J connectivity index is 3.35. The lowest BCUT2D eigenvalue weighted by Gasteiger charge is -2.06. The van der Waals surface area contributed by atoms with Gasteiger partial charge < -0.3 is 10.2 Å². The molecule has 0 unspecified atom stereocenters. The summed E-state index contributed by atoms with van der Waals surface area (Å²) in [4.78, 5) is 16.2. The van der Waals surface area contributed by atoms with Crippen LogP contribution in [-0.2, 0) is 9.63 Å². The van der Waals surface area contributed by atoms with Crippen molar-refractivity contribution in [3.63, 3.8) is 0 Å². The van der Waals surface area contributed by atoms with Gasteiger partial charge in [-0.2, -0.15) is 0 Å². The molecule has 1 amide bonds. The third kappa shape index (κ3) is 10.9. The molecule has 0 aliphatic carbocycles. The third-order valence-corrected chi connectivity index (χ3v) is 1.71. The molecule has 0 radical (unpaired) electrons. The van der Waals surface area contributed by atoms with E-state index in [0.29, 0.717) is 25.5 Å². The van der Waals surface area contributed by atoms with E-state index in [9.17, 15) is 4.79 Å².